The minimum atomic E-state index is -3.81. The number of carbonyl (C=O) groups is 1. The normalized spacial score (nSPS) is 23.5. The summed E-state index contributed by atoms with van der Waals surface area (Å²) in [5, 5.41) is 10.5. The monoisotopic (exact) mass is 368 g/mol. The highest BCUT2D eigenvalue weighted by molar-refractivity contribution is 7.87. The molecule has 2 aromatic rings. The molecule has 0 radical (unpaired) electrons. The molecule has 11 heteroatoms. The molecule has 0 aliphatic carbocycles. The maximum Gasteiger partial charge on any atom is 0.280 e. The summed E-state index contributed by atoms with van der Waals surface area (Å²) < 4.78 is 35.0. The fourth-order valence-corrected chi connectivity index (χ4v) is 4.17. The Bertz CT molecular complexity index is 902. The fraction of sp³-hybridized carbons (Fsp3) is 0.500. The van der Waals surface area contributed by atoms with E-state index in [2.05, 4.69) is 20.3 Å². The van der Waals surface area contributed by atoms with Gasteiger partial charge in [0.1, 0.15) is 11.8 Å². The van der Waals surface area contributed by atoms with E-state index in [1.165, 1.54) is 7.05 Å². The highest BCUT2D eigenvalue weighted by Crippen LogP contribution is 2.29. The number of rotatable bonds is 3. The quantitative estimate of drug-likeness (QED) is 0.800. The molecule has 2 N–H and O–H groups in total. The molecule has 0 unspecified atom stereocenters. The number of hydrogen-bond acceptors (Lipinski definition) is 6. The van der Waals surface area contributed by atoms with E-state index in [-0.39, 0.29) is 12.2 Å². The fourth-order valence-electron chi connectivity index (χ4n) is 2.91. The van der Waals surface area contributed by atoms with Crippen LogP contribution in [0, 0.1) is 13.8 Å². The molecule has 1 fully saturated rings. The van der Waals surface area contributed by atoms with Crippen LogP contribution in [0.5, 0.6) is 0 Å². The second-order valence-electron chi connectivity index (χ2n) is 6.10. The molecule has 10 nitrogen and oxygen atoms in total. The summed E-state index contributed by atoms with van der Waals surface area (Å²) in [4.78, 5) is 12.6. The minimum absolute atomic E-state index is 0.251. The van der Waals surface area contributed by atoms with Crippen LogP contribution in [0.2, 0.25) is 0 Å². The number of carbonyl (C=O) groups excluding carboxylic acids is 1. The topological polar surface area (TPSA) is 122 Å². The lowest BCUT2D eigenvalue weighted by Crippen LogP contribution is -2.56. The summed E-state index contributed by atoms with van der Waals surface area (Å²) in [7, 11) is -0.677. The van der Waals surface area contributed by atoms with Crippen molar-refractivity contribution < 1.29 is 17.7 Å². The Balaban J connectivity index is 1.86. The average Bonchev–Trinajstić information content (AvgIpc) is 3.06. The van der Waals surface area contributed by atoms with Gasteiger partial charge in [-0.05, 0) is 20.3 Å². The third kappa shape index (κ3) is 3.43. The summed E-state index contributed by atoms with van der Waals surface area (Å²) in [6.07, 6.45) is 2.02. The van der Waals surface area contributed by atoms with E-state index in [1.807, 2.05) is 0 Å². The Morgan fingerprint density at radius 1 is 1.40 bits per heavy atom. The summed E-state index contributed by atoms with van der Waals surface area (Å²) in [5.74, 6) is 0.332. The van der Waals surface area contributed by atoms with Gasteiger partial charge in [0.25, 0.3) is 10.2 Å². The van der Waals surface area contributed by atoms with Crippen molar-refractivity contribution >= 4 is 21.9 Å². The van der Waals surface area contributed by atoms with Crippen LogP contribution in [0.4, 0.5) is 5.82 Å². The first-order chi connectivity index (χ1) is 11.7. The van der Waals surface area contributed by atoms with Crippen molar-refractivity contribution in [1.29, 1.82) is 0 Å². The molecule has 25 heavy (non-hydrogen) atoms. The van der Waals surface area contributed by atoms with Crippen molar-refractivity contribution in [2.45, 2.75) is 32.4 Å². The van der Waals surface area contributed by atoms with Gasteiger partial charge in [-0.15, -0.1) is 0 Å². The molecule has 2 aromatic heterocycles. The minimum Gasteiger partial charge on any atom is -0.360 e. The molecule has 2 atom stereocenters. The van der Waals surface area contributed by atoms with Gasteiger partial charge in [0.05, 0.1) is 11.7 Å². The third-order valence-electron chi connectivity index (χ3n) is 4.18. The zero-order valence-electron chi connectivity index (χ0n) is 14.3. The van der Waals surface area contributed by atoms with Gasteiger partial charge in [-0.3, -0.25) is 9.48 Å². The second-order valence-corrected chi connectivity index (χ2v) is 7.86. The van der Waals surface area contributed by atoms with Crippen molar-refractivity contribution in [3.05, 3.63) is 29.3 Å². The van der Waals surface area contributed by atoms with E-state index in [0.717, 1.165) is 9.87 Å². The molecule has 1 aliphatic heterocycles. The van der Waals surface area contributed by atoms with Crippen LogP contribution >= 0.6 is 0 Å². The van der Waals surface area contributed by atoms with Crippen LogP contribution < -0.4 is 10.0 Å². The molecule has 0 aromatic carbocycles. The van der Waals surface area contributed by atoms with Gasteiger partial charge in [0, 0.05) is 31.9 Å². The van der Waals surface area contributed by atoms with E-state index in [9.17, 15) is 13.2 Å². The maximum atomic E-state index is 12.6. The lowest BCUT2D eigenvalue weighted by molar-refractivity contribution is -0.120. The highest BCUT2D eigenvalue weighted by Gasteiger charge is 2.41. The van der Waals surface area contributed by atoms with E-state index in [0.29, 0.717) is 11.5 Å². The standard InChI is InChI=1S/C14H20N6O4S/c1-8-5-13(17-24-8)15-14(21)12-6-11(18-25(22,23)20(12)4)10-7-19(3)16-9(10)2/h5,7,11-12,18H,6H2,1-4H3,(H,15,17,21)/t11-,12+/m0/s1. The van der Waals surface area contributed by atoms with Crippen LogP contribution in [0.15, 0.2) is 16.8 Å². The van der Waals surface area contributed by atoms with Crippen molar-refractivity contribution in [1.82, 2.24) is 24.0 Å². The van der Waals surface area contributed by atoms with Crippen molar-refractivity contribution in [3.63, 3.8) is 0 Å². The first-order valence-electron chi connectivity index (χ1n) is 7.67. The van der Waals surface area contributed by atoms with Gasteiger partial charge in [0.15, 0.2) is 5.82 Å². The van der Waals surface area contributed by atoms with Crippen LogP contribution in [0.1, 0.15) is 29.5 Å². The Kier molecular flexibility index (Phi) is 4.39. The van der Waals surface area contributed by atoms with Crippen LogP contribution in [-0.2, 0) is 22.1 Å². The molecule has 3 rings (SSSR count). The average molecular weight is 368 g/mol. The molecule has 3 heterocycles. The number of nitrogens with one attached hydrogen (secondary N) is 2. The SMILES string of the molecule is Cc1cc(NC(=O)[C@H]2C[C@@H](c3cn(C)nc3C)NS(=O)(=O)N2C)no1. The maximum absolute atomic E-state index is 12.6. The van der Waals surface area contributed by atoms with Crippen molar-refractivity contribution in [2.75, 3.05) is 12.4 Å². The predicted octanol–water partition coefficient (Wildman–Crippen LogP) is 0.243. The number of aromatic nitrogens is 3. The van der Waals surface area contributed by atoms with Crippen molar-refractivity contribution in [2.24, 2.45) is 7.05 Å². The van der Waals surface area contributed by atoms with Crippen LogP contribution in [-0.4, -0.2) is 46.7 Å². The second kappa shape index (κ2) is 6.24. The smallest absolute Gasteiger partial charge is 0.280 e. The molecule has 1 aliphatic rings. The molecular formula is C14H20N6O4S. The third-order valence-corrected chi connectivity index (χ3v) is 5.77. The number of likely N-dealkylation sites (N-methyl/N-ethyl adjacent to an activating group) is 1. The molecule has 1 amide bonds. The van der Waals surface area contributed by atoms with Gasteiger partial charge in [-0.25, -0.2) is 0 Å². The van der Waals surface area contributed by atoms with E-state index in [1.54, 1.807) is 37.8 Å². The van der Waals surface area contributed by atoms with E-state index in [4.69, 9.17) is 4.52 Å². The molecule has 0 spiro atoms. The van der Waals surface area contributed by atoms with Gasteiger partial charge in [0.2, 0.25) is 5.91 Å². The molecular weight excluding hydrogens is 348 g/mol. The zero-order valence-corrected chi connectivity index (χ0v) is 15.2. The Morgan fingerprint density at radius 2 is 2.12 bits per heavy atom. The van der Waals surface area contributed by atoms with E-state index < -0.39 is 28.2 Å². The lowest BCUT2D eigenvalue weighted by atomic mass is 10.00. The predicted molar refractivity (Wildman–Crippen MR) is 88.8 cm³/mol. The summed E-state index contributed by atoms with van der Waals surface area (Å²) in [6.45, 7) is 3.50. The molecule has 1 saturated heterocycles. The van der Waals surface area contributed by atoms with Gasteiger partial charge in [-0.2, -0.15) is 22.5 Å². The van der Waals surface area contributed by atoms with E-state index >= 15 is 0 Å². The first kappa shape index (κ1) is 17.6. The Labute approximate surface area is 145 Å². The van der Waals surface area contributed by atoms with Gasteiger partial charge < -0.3 is 9.84 Å². The van der Waals surface area contributed by atoms with Gasteiger partial charge in [-0.1, -0.05) is 5.16 Å². The molecule has 136 valence electrons. The lowest BCUT2D eigenvalue weighted by Gasteiger charge is -2.35. The van der Waals surface area contributed by atoms with Crippen LogP contribution in [0.25, 0.3) is 0 Å². The summed E-state index contributed by atoms with van der Waals surface area (Å²) in [6, 6.07) is 0.147. The number of anilines is 1. The Hall–Kier alpha value is -2.24. The first-order valence-corrected chi connectivity index (χ1v) is 9.11. The van der Waals surface area contributed by atoms with Crippen molar-refractivity contribution in [3.8, 4) is 0 Å². The largest absolute Gasteiger partial charge is 0.360 e. The summed E-state index contributed by atoms with van der Waals surface area (Å²) >= 11 is 0. The number of nitrogens with zero attached hydrogens (tertiary/aromatic N) is 4. The highest BCUT2D eigenvalue weighted by atomic mass is 32.2. The molecule has 0 saturated carbocycles. The Morgan fingerprint density at radius 3 is 2.68 bits per heavy atom. The number of hydrogen-bond donors (Lipinski definition) is 2. The number of amides is 1. The zero-order chi connectivity index (χ0) is 18.4. The van der Waals surface area contributed by atoms with Gasteiger partial charge >= 0.3 is 0 Å². The molecule has 0 bridgehead atoms. The van der Waals surface area contributed by atoms with Crippen LogP contribution in [0.3, 0.4) is 0 Å². The number of aryl methyl sites for hydroxylation is 3. The summed E-state index contributed by atoms with van der Waals surface area (Å²) in [5.41, 5.74) is 1.46.